The quantitative estimate of drug-likeness (QED) is 0.877. The fourth-order valence-electron chi connectivity index (χ4n) is 2.14. The molecule has 0 spiro atoms. The van der Waals surface area contributed by atoms with Crippen LogP contribution in [-0.4, -0.2) is 24.2 Å². The average molecular weight is 240 g/mol. The summed E-state index contributed by atoms with van der Waals surface area (Å²) in [4.78, 5) is 4.46. The van der Waals surface area contributed by atoms with Gasteiger partial charge in [-0.2, -0.15) is 0 Å². The summed E-state index contributed by atoms with van der Waals surface area (Å²) in [5, 5.41) is 6.86. The predicted octanol–water partition coefficient (Wildman–Crippen LogP) is 2.36. The molecule has 90 valence electrons. The van der Waals surface area contributed by atoms with Crippen LogP contribution in [0.1, 0.15) is 30.5 Å². The lowest BCUT2D eigenvalue weighted by molar-refractivity contribution is 0.0557. The van der Waals surface area contributed by atoms with E-state index in [2.05, 4.69) is 29.5 Å². The molecule has 4 heteroatoms. The number of hydrogen-bond acceptors (Lipinski definition) is 4. The maximum absolute atomic E-state index is 5.38. The van der Waals surface area contributed by atoms with Crippen LogP contribution >= 0.6 is 11.3 Å². The summed E-state index contributed by atoms with van der Waals surface area (Å²) in [5.74, 6) is 0.758. The number of nitrogens with one attached hydrogen (secondary N) is 1. The summed E-state index contributed by atoms with van der Waals surface area (Å²) >= 11 is 1.72. The van der Waals surface area contributed by atoms with Crippen LogP contribution in [0.25, 0.3) is 0 Å². The largest absolute Gasteiger partial charge is 0.381 e. The average Bonchev–Trinajstić information content (AvgIpc) is 2.73. The first kappa shape index (κ1) is 12.0. The van der Waals surface area contributed by atoms with Crippen molar-refractivity contribution < 1.29 is 4.74 Å². The molecular formula is C12H20N2OS. The van der Waals surface area contributed by atoms with Crippen LogP contribution in [0.3, 0.4) is 0 Å². The van der Waals surface area contributed by atoms with Gasteiger partial charge < -0.3 is 10.1 Å². The van der Waals surface area contributed by atoms with E-state index in [0.717, 1.165) is 30.7 Å². The third-order valence-corrected chi connectivity index (χ3v) is 4.07. The number of ether oxygens (including phenoxy) is 1. The standard InChI is InChI=1S/C12H20N2OS/c1-9(11-3-5-15-6-4-11)13-7-12-8-16-10(2)14-12/h8-9,11,13H,3-7H2,1-2H3. The minimum atomic E-state index is 0.561. The van der Waals surface area contributed by atoms with Crippen LogP contribution in [0, 0.1) is 12.8 Å². The van der Waals surface area contributed by atoms with Gasteiger partial charge in [0.25, 0.3) is 0 Å². The Balaban J connectivity index is 1.76. The Kier molecular flexibility index (Phi) is 4.32. The molecule has 16 heavy (non-hydrogen) atoms. The molecule has 0 radical (unpaired) electrons. The number of hydrogen-bond donors (Lipinski definition) is 1. The zero-order valence-electron chi connectivity index (χ0n) is 10.0. The highest BCUT2D eigenvalue weighted by Gasteiger charge is 2.19. The molecule has 0 bridgehead atoms. The second kappa shape index (κ2) is 5.75. The van der Waals surface area contributed by atoms with E-state index in [4.69, 9.17) is 4.74 Å². The van der Waals surface area contributed by atoms with Crippen molar-refractivity contribution in [1.82, 2.24) is 10.3 Å². The van der Waals surface area contributed by atoms with E-state index in [9.17, 15) is 0 Å². The lowest BCUT2D eigenvalue weighted by Gasteiger charge is -2.28. The molecule has 1 atom stereocenters. The van der Waals surface area contributed by atoms with Gasteiger partial charge in [0.05, 0.1) is 10.7 Å². The number of thiazole rings is 1. The van der Waals surface area contributed by atoms with Crippen molar-refractivity contribution in [1.29, 1.82) is 0 Å². The van der Waals surface area contributed by atoms with E-state index in [1.165, 1.54) is 18.5 Å². The highest BCUT2D eigenvalue weighted by atomic mass is 32.1. The molecule has 1 aromatic rings. The van der Waals surface area contributed by atoms with Crippen molar-refractivity contribution in [2.45, 2.75) is 39.3 Å². The molecular weight excluding hydrogens is 220 g/mol. The molecule has 0 saturated carbocycles. The van der Waals surface area contributed by atoms with Crippen LogP contribution in [-0.2, 0) is 11.3 Å². The molecule has 0 aromatic carbocycles. The van der Waals surface area contributed by atoms with E-state index < -0.39 is 0 Å². The first-order chi connectivity index (χ1) is 7.75. The van der Waals surface area contributed by atoms with Crippen LogP contribution in [0.5, 0.6) is 0 Å². The normalized spacial score (nSPS) is 19.9. The van der Waals surface area contributed by atoms with E-state index >= 15 is 0 Å². The van der Waals surface area contributed by atoms with Crippen molar-refractivity contribution in [3.05, 3.63) is 16.1 Å². The number of aromatic nitrogens is 1. The summed E-state index contributed by atoms with van der Waals surface area (Å²) in [6.45, 7) is 7.06. The third-order valence-electron chi connectivity index (χ3n) is 3.24. The summed E-state index contributed by atoms with van der Waals surface area (Å²) in [7, 11) is 0. The van der Waals surface area contributed by atoms with Crippen LogP contribution < -0.4 is 5.32 Å². The van der Waals surface area contributed by atoms with Gasteiger partial charge in [0.2, 0.25) is 0 Å². The number of nitrogens with zero attached hydrogens (tertiary/aromatic N) is 1. The topological polar surface area (TPSA) is 34.2 Å². The summed E-state index contributed by atoms with van der Waals surface area (Å²) in [6.07, 6.45) is 2.37. The summed E-state index contributed by atoms with van der Waals surface area (Å²) in [6, 6.07) is 0.561. The number of rotatable bonds is 4. The molecule has 1 aliphatic heterocycles. The molecule has 2 heterocycles. The summed E-state index contributed by atoms with van der Waals surface area (Å²) in [5.41, 5.74) is 1.17. The first-order valence-electron chi connectivity index (χ1n) is 5.98. The second-order valence-electron chi connectivity index (χ2n) is 4.48. The smallest absolute Gasteiger partial charge is 0.0897 e. The lowest BCUT2D eigenvalue weighted by atomic mass is 9.93. The van der Waals surface area contributed by atoms with Crippen molar-refractivity contribution in [2.24, 2.45) is 5.92 Å². The highest BCUT2D eigenvalue weighted by molar-refractivity contribution is 7.09. The number of aryl methyl sites for hydroxylation is 1. The van der Waals surface area contributed by atoms with Crippen molar-refractivity contribution in [2.75, 3.05) is 13.2 Å². The molecule has 1 aromatic heterocycles. The Hall–Kier alpha value is -0.450. The van der Waals surface area contributed by atoms with Crippen molar-refractivity contribution in [3.8, 4) is 0 Å². The van der Waals surface area contributed by atoms with Gasteiger partial charge in [-0.25, -0.2) is 4.98 Å². The van der Waals surface area contributed by atoms with Crippen LogP contribution in [0.4, 0.5) is 0 Å². The van der Waals surface area contributed by atoms with Crippen molar-refractivity contribution >= 4 is 11.3 Å². The monoisotopic (exact) mass is 240 g/mol. The van der Waals surface area contributed by atoms with Crippen molar-refractivity contribution in [3.63, 3.8) is 0 Å². The van der Waals surface area contributed by atoms with E-state index in [1.807, 2.05) is 0 Å². The lowest BCUT2D eigenvalue weighted by Crippen LogP contribution is -2.36. The Morgan fingerprint density at radius 3 is 2.94 bits per heavy atom. The molecule has 1 saturated heterocycles. The van der Waals surface area contributed by atoms with E-state index in [-0.39, 0.29) is 0 Å². The van der Waals surface area contributed by atoms with Gasteiger partial charge in [-0.15, -0.1) is 11.3 Å². The minimum absolute atomic E-state index is 0.561. The van der Waals surface area contributed by atoms with Gasteiger partial charge in [-0.1, -0.05) is 0 Å². The fraction of sp³-hybridized carbons (Fsp3) is 0.750. The van der Waals surface area contributed by atoms with Crippen LogP contribution in [0.2, 0.25) is 0 Å². The second-order valence-corrected chi connectivity index (χ2v) is 5.54. The maximum atomic E-state index is 5.38. The molecule has 3 nitrogen and oxygen atoms in total. The van der Waals surface area contributed by atoms with Gasteiger partial charge in [-0.05, 0) is 32.6 Å². The van der Waals surface area contributed by atoms with Gasteiger partial charge in [-0.3, -0.25) is 0 Å². The zero-order valence-corrected chi connectivity index (χ0v) is 10.8. The summed E-state index contributed by atoms with van der Waals surface area (Å²) < 4.78 is 5.38. The fourth-order valence-corrected chi connectivity index (χ4v) is 2.75. The predicted molar refractivity (Wildman–Crippen MR) is 66.7 cm³/mol. The Labute approximate surface area is 101 Å². The molecule has 1 aliphatic rings. The zero-order chi connectivity index (χ0) is 11.4. The molecule has 2 rings (SSSR count). The van der Waals surface area contributed by atoms with Gasteiger partial charge in [0, 0.05) is 31.2 Å². The van der Waals surface area contributed by atoms with Gasteiger partial charge in [0.15, 0.2) is 0 Å². The van der Waals surface area contributed by atoms with E-state index in [0.29, 0.717) is 6.04 Å². The molecule has 1 unspecified atom stereocenters. The molecule has 0 amide bonds. The Morgan fingerprint density at radius 2 is 2.31 bits per heavy atom. The molecule has 1 N–H and O–H groups in total. The van der Waals surface area contributed by atoms with Crippen LogP contribution in [0.15, 0.2) is 5.38 Å². The highest BCUT2D eigenvalue weighted by Crippen LogP contribution is 2.19. The third kappa shape index (κ3) is 3.27. The molecule has 0 aliphatic carbocycles. The van der Waals surface area contributed by atoms with Gasteiger partial charge >= 0.3 is 0 Å². The van der Waals surface area contributed by atoms with E-state index in [1.54, 1.807) is 11.3 Å². The SMILES string of the molecule is Cc1nc(CNC(C)C2CCOCC2)cs1. The minimum Gasteiger partial charge on any atom is -0.381 e. The Morgan fingerprint density at radius 1 is 1.56 bits per heavy atom. The Bertz CT molecular complexity index is 321. The molecule has 1 fully saturated rings. The van der Waals surface area contributed by atoms with Gasteiger partial charge in [0.1, 0.15) is 0 Å². The first-order valence-corrected chi connectivity index (χ1v) is 6.86. The maximum Gasteiger partial charge on any atom is 0.0897 e.